The van der Waals surface area contributed by atoms with E-state index in [0.717, 1.165) is 77.6 Å². The minimum Gasteiger partial charge on any atom is -0.496 e. The Bertz CT molecular complexity index is 2270. The van der Waals surface area contributed by atoms with Crippen LogP contribution in [-0.4, -0.2) is 72.1 Å². The molecule has 13 heteroatoms. The number of benzene rings is 4. The summed E-state index contributed by atoms with van der Waals surface area (Å²) in [5.41, 5.74) is 6.07. The van der Waals surface area contributed by atoms with Crippen LogP contribution in [0.25, 0.3) is 33.2 Å². The van der Waals surface area contributed by atoms with Gasteiger partial charge in [-0.3, -0.25) is 14.3 Å². The van der Waals surface area contributed by atoms with Gasteiger partial charge >= 0.3 is 5.97 Å². The average Bonchev–Trinajstić information content (AvgIpc) is 3.81. The lowest BCUT2D eigenvalue weighted by atomic mass is 9.82. The summed E-state index contributed by atoms with van der Waals surface area (Å²) in [6, 6.07) is 19.0. The van der Waals surface area contributed by atoms with Crippen molar-refractivity contribution in [2.45, 2.75) is 64.2 Å². The number of fused-ring (bicyclic) bond motifs is 1. The fourth-order valence-corrected chi connectivity index (χ4v) is 8.95. The van der Waals surface area contributed by atoms with E-state index in [1.165, 1.54) is 13.2 Å². The molecule has 2 fully saturated rings. The number of aromatic nitrogens is 2. The third kappa shape index (κ3) is 9.07. The molecule has 3 N–H and O–H groups in total. The number of halogens is 3. The van der Waals surface area contributed by atoms with Crippen molar-refractivity contribution in [1.29, 1.82) is 0 Å². The van der Waals surface area contributed by atoms with Crippen molar-refractivity contribution in [2.75, 3.05) is 34.4 Å². The fraction of sp³-hybridized carbons (Fsp3) is 0.386. The first-order valence-electron chi connectivity index (χ1n) is 19.4. The number of carboxylic acid groups (broad SMARTS) is 1. The summed E-state index contributed by atoms with van der Waals surface area (Å²) in [4.78, 5) is 25.2. The van der Waals surface area contributed by atoms with Gasteiger partial charge in [-0.2, -0.15) is 5.10 Å². The van der Waals surface area contributed by atoms with Crippen LogP contribution < -0.4 is 20.1 Å². The molecule has 0 radical (unpaired) electrons. The largest absolute Gasteiger partial charge is 0.496 e. The molecule has 1 saturated heterocycles. The lowest BCUT2D eigenvalue weighted by molar-refractivity contribution is -0.143. The van der Waals surface area contributed by atoms with Gasteiger partial charge in [0.05, 0.1) is 43.4 Å². The number of amides is 1. The maximum atomic E-state index is 15.7. The van der Waals surface area contributed by atoms with Gasteiger partial charge in [-0.15, -0.1) is 0 Å². The first kappa shape index (κ1) is 40.5. The minimum absolute atomic E-state index is 0.0334. The number of ether oxygens (including phenoxy) is 2. The average molecular weight is 817 g/mol. The summed E-state index contributed by atoms with van der Waals surface area (Å²) in [5, 5.41) is 22.3. The van der Waals surface area contributed by atoms with Crippen molar-refractivity contribution in [1.82, 2.24) is 25.3 Å². The summed E-state index contributed by atoms with van der Waals surface area (Å²) in [5.74, 6) is 0.339. The van der Waals surface area contributed by atoms with Gasteiger partial charge < -0.3 is 30.1 Å². The Balaban J connectivity index is 1.08. The number of aliphatic carboxylic acids is 1. The Hall–Kier alpha value is -4.68. The smallest absolute Gasteiger partial charge is 0.306 e. The number of methoxy groups -OCH3 is 2. The van der Waals surface area contributed by atoms with Gasteiger partial charge in [0.15, 0.2) is 0 Å². The van der Waals surface area contributed by atoms with Crippen molar-refractivity contribution < 1.29 is 28.6 Å². The molecule has 57 heavy (non-hydrogen) atoms. The highest BCUT2D eigenvalue weighted by Gasteiger charge is 2.27. The molecule has 0 unspecified atom stereocenters. The van der Waals surface area contributed by atoms with Gasteiger partial charge in [-0.05, 0) is 92.1 Å². The third-order valence-corrected chi connectivity index (χ3v) is 12.2. The van der Waals surface area contributed by atoms with Gasteiger partial charge in [0, 0.05) is 71.3 Å². The number of carbonyl (C=O) groups excluding carboxylic acids is 1. The van der Waals surface area contributed by atoms with E-state index in [2.05, 4.69) is 22.6 Å². The Labute approximate surface area is 342 Å². The number of nitrogens with zero attached hydrogens (tertiary/aromatic N) is 3. The molecular formula is C44H48Cl2FN5O5. The molecule has 1 atom stereocenters. The Morgan fingerprint density at radius 3 is 2.44 bits per heavy atom. The van der Waals surface area contributed by atoms with E-state index in [1.807, 2.05) is 59.4 Å². The summed E-state index contributed by atoms with van der Waals surface area (Å²) < 4.78 is 29.1. The molecule has 1 aliphatic carbocycles. The summed E-state index contributed by atoms with van der Waals surface area (Å²) in [6.45, 7) is 2.73. The van der Waals surface area contributed by atoms with Crippen molar-refractivity contribution >= 4 is 46.0 Å². The molecule has 1 aromatic heterocycles. The van der Waals surface area contributed by atoms with Crippen LogP contribution in [0.4, 0.5) is 4.39 Å². The minimum atomic E-state index is -0.683. The fourth-order valence-electron chi connectivity index (χ4n) is 8.37. The van der Waals surface area contributed by atoms with E-state index in [4.69, 9.17) is 37.8 Å². The van der Waals surface area contributed by atoms with Crippen LogP contribution >= 0.6 is 23.2 Å². The number of carbonyl (C=O) groups is 2. The van der Waals surface area contributed by atoms with Crippen molar-refractivity contribution in [3.05, 3.63) is 99.4 Å². The van der Waals surface area contributed by atoms with Gasteiger partial charge in [0.1, 0.15) is 17.3 Å². The molecule has 5 aromatic rings. The predicted molar refractivity (Wildman–Crippen MR) is 222 cm³/mol. The van der Waals surface area contributed by atoms with E-state index in [1.54, 1.807) is 13.2 Å². The molecule has 10 nitrogen and oxygen atoms in total. The molecule has 300 valence electrons. The van der Waals surface area contributed by atoms with Gasteiger partial charge in [-0.25, -0.2) is 4.39 Å². The lowest BCUT2D eigenvalue weighted by Crippen LogP contribution is -2.35. The third-order valence-electron chi connectivity index (χ3n) is 11.4. The van der Waals surface area contributed by atoms with E-state index in [9.17, 15) is 14.7 Å². The zero-order chi connectivity index (χ0) is 40.2. The second kappa shape index (κ2) is 17.9. The zero-order valence-electron chi connectivity index (χ0n) is 32.4. The maximum Gasteiger partial charge on any atom is 0.306 e. The van der Waals surface area contributed by atoms with Crippen molar-refractivity contribution in [2.24, 2.45) is 11.8 Å². The second-order valence-corrected chi connectivity index (χ2v) is 16.1. The molecule has 7 rings (SSSR count). The molecule has 0 spiro atoms. The van der Waals surface area contributed by atoms with Gasteiger partial charge in [-0.1, -0.05) is 53.5 Å². The van der Waals surface area contributed by atoms with E-state index >= 15 is 4.39 Å². The summed E-state index contributed by atoms with van der Waals surface area (Å²) in [6.07, 6.45) is 6.40. The molecule has 1 saturated carbocycles. The summed E-state index contributed by atoms with van der Waals surface area (Å²) in [7, 11) is 5.26. The monoisotopic (exact) mass is 815 g/mol. The SMILES string of the molecule is COc1cc(Cn2ncc3c(-c4cccc(-c5cc(F)c(CNC[C@@H]6CCC(=O)N6)c(OC)c5)c4Cl)cccc32)c(Cl)cc1CN(C)CC1CCC(C(=O)O)CC1. The van der Waals surface area contributed by atoms with Crippen molar-refractivity contribution in [3.63, 3.8) is 0 Å². The quantitative estimate of drug-likeness (QED) is 0.0963. The Morgan fingerprint density at radius 2 is 1.72 bits per heavy atom. The normalized spacial score (nSPS) is 18.3. The molecule has 2 aliphatic rings. The summed E-state index contributed by atoms with van der Waals surface area (Å²) >= 11 is 14.1. The second-order valence-electron chi connectivity index (χ2n) is 15.3. The molecule has 2 heterocycles. The number of hydrogen-bond donors (Lipinski definition) is 3. The highest BCUT2D eigenvalue weighted by molar-refractivity contribution is 6.36. The maximum absolute atomic E-state index is 15.7. The van der Waals surface area contributed by atoms with Gasteiger partial charge in [0.25, 0.3) is 0 Å². The van der Waals surface area contributed by atoms with Crippen LogP contribution in [0, 0.1) is 17.7 Å². The van der Waals surface area contributed by atoms with Gasteiger partial charge in [0.2, 0.25) is 5.91 Å². The van der Waals surface area contributed by atoms with Crippen LogP contribution in [0.3, 0.4) is 0 Å². The van der Waals surface area contributed by atoms with Crippen molar-refractivity contribution in [3.8, 4) is 33.8 Å². The van der Waals surface area contributed by atoms with E-state index in [0.29, 0.717) is 64.5 Å². The number of nitrogens with one attached hydrogen (secondary N) is 2. The number of carboxylic acids is 1. The number of hydrogen-bond acceptors (Lipinski definition) is 7. The zero-order valence-corrected chi connectivity index (χ0v) is 33.9. The van der Waals surface area contributed by atoms with Crippen LogP contribution in [0.15, 0.2) is 66.9 Å². The standard InChI is InChI=1S/C44H48Cl2FN5O5/c1-51(23-26-10-12-27(13-11-26)44(54)55)24-30-16-37(45)29(19-40(30)56-2)25-52-39-9-5-7-33(35(39)22-49-52)34-8-4-6-32(43(34)46)28-17-38(47)36(41(18-28)57-3)21-48-20-31-14-15-42(53)50-31/h4-9,16-19,22,26-27,31,48H,10-15,20-21,23-25H2,1-3H3,(H,50,53)(H,54,55)/t26?,27?,31-/m0/s1. The first-order chi connectivity index (χ1) is 27.5. The first-order valence-corrected chi connectivity index (χ1v) is 20.1. The lowest BCUT2D eigenvalue weighted by Gasteiger charge is -2.30. The predicted octanol–water partition coefficient (Wildman–Crippen LogP) is 8.57. The molecule has 0 bridgehead atoms. The highest BCUT2D eigenvalue weighted by Crippen LogP contribution is 2.41. The molecule has 1 aliphatic heterocycles. The van der Waals surface area contributed by atoms with Crippen LogP contribution in [0.2, 0.25) is 10.0 Å². The Kier molecular flexibility index (Phi) is 12.7. The molecule has 1 amide bonds. The van der Waals surface area contributed by atoms with Crippen LogP contribution in [-0.2, 0) is 29.2 Å². The molecule has 4 aromatic carbocycles. The molecular weight excluding hydrogens is 768 g/mol. The Morgan fingerprint density at radius 1 is 0.982 bits per heavy atom. The number of rotatable bonds is 15. The van der Waals surface area contributed by atoms with E-state index in [-0.39, 0.29) is 24.4 Å². The van der Waals surface area contributed by atoms with E-state index < -0.39 is 11.8 Å². The van der Waals surface area contributed by atoms with Crippen LogP contribution in [0.1, 0.15) is 55.2 Å². The highest BCUT2D eigenvalue weighted by atomic mass is 35.5. The van der Waals surface area contributed by atoms with Crippen LogP contribution in [0.5, 0.6) is 11.5 Å². The topological polar surface area (TPSA) is 118 Å².